The molecule has 0 fully saturated rings. The minimum atomic E-state index is -0.460. The van der Waals surface area contributed by atoms with Gasteiger partial charge in [0, 0.05) is 6.54 Å². The molecule has 0 aliphatic heterocycles. The van der Waals surface area contributed by atoms with E-state index in [0.717, 1.165) is 12.0 Å². The van der Waals surface area contributed by atoms with Crippen LogP contribution in [0, 0.1) is 12.8 Å². The van der Waals surface area contributed by atoms with Gasteiger partial charge < -0.3 is 10.1 Å². The largest absolute Gasteiger partial charge is 0.444 e. The minimum Gasteiger partial charge on any atom is -0.444 e. The third kappa shape index (κ3) is 6.09. The van der Waals surface area contributed by atoms with Crippen molar-refractivity contribution in [2.45, 2.75) is 60.1 Å². The molecule has 1 N–H and O–H groups in total. The van der Waals surface area contributed by atoms with Crippen molar-refractivity contribution in [2.24, 2.45) is 5.92 Å². The number of carbonyl (C=O) groups is 1. The van der Waals surface area contributed by atoms with Gasteiger partial charge in [0.2, 0.25) is 0 Å². The number of rotatable bonds is 4. The molecular formula is C17H27NO2. The normalized spacial score (nSPS) is 11.6. The topological polar surface area (TPSA) is 38.3 Å². The molecule has 0 radical (unpaired) electrons. The fourth-order valence-electron chi connectivity index (χ4n) is 2.04. The Morgan fingerprint density at radius 3 is 2.45 bits per heavy atom. The molecule has 0 aliphatic carbocycles. The van der Waals surface area contributed by atoms with E-state index in [1.807, 2.05) is 20.8 Å². The highest BCUT2D eigenvalue weighted by Gasteiger charge is 2.16. The average molecular weight is 277 g/mol. The summed E-state index contributed by atoms with van der Waals surface area (Å²) in [5.74, 6) is 0.595. The summed E-state index contributed by atoms with van der Waals surface area (Å²) >= 11 is 0. The summed E-state index contributed by atoms with van der Waals surface area (Å²) in [6.07, 6.45) is 0.654. The van der Waals surface area contributed by atoms with E-state index >= 15 is 0 Å². The van der Waals surface area contributed by atoms with Crippen molar-refractivity contribution in [1.29, 1.82) is 0 Å². The molecule has 0 saturated heterocycles. The number of nitrogens with one attached hydrogen (secondary N) is 1. The molecule has 0 atom stereocenters. The van der Waals surface area contributed by atoms with E-state index < -0.39 is 5.60 Å². The van der Waals surface area contributed by atoms with E-state index in [2.05, 4.69) is 44.3 Å². The molecule has 1 aromatic carbocycles. The molecule has 0 aromatic heterocycles. The molecule has 0 bridgehead atoms. The standard InChI is InChI=1S/C17H27NO2/c1-12(2)9-15-10-13(3)7-8-14(15)11-18-16(19)20-17(4,5)6/h7-8,10,12H,9,11H2,1-6H3,(H,18,19). The molecule has 3 nitrogen and oxygen atoms in total. The number of amides is 1. The zero-order valence-electron chi connectivity index (χ0n) is 13.5. The maximum Gasteiger partial charge on any atom is 0.407 e. The fraction of sp³-hybridized carbons (Fsp3) is 0.588. The van der Waals surface area contributed by atoms with Crippen LogP contribution in [-0.4, -0.2) is 11.7 Å². The quantitative estimate of drug-likeness (QED) is 0.895. The Kier molecular flexibility index (Phi) is 5.61. The van der Waals surface area contributed by atoms with Crippen LogP contribution in [0.5, 0.6) is 0 Å². The molecule has 1 aromatic rings. The van der Waals surface area contributed by atoms with Crippen LogP contribution in [0.15, 0.2) is 18.2 Å². The molecule has 0 unspecified atom stereocenters. The highest BCUT2D eigenvalue weighted by atomic mass is 16.6. The molecule has 1 rings (SSSR count). The lowest BCUT2D eigenvalue weighted by Gasteiger charge is -2.20. The van der Waals surface area contributed by atoms with Crippen LogP contribution < -0.4 is 5.32 Å². The van der Waals surface area contributed by atoms with Crippen molar-refractivity contribution in [1.82, 2.24) is 5.32 Å². The molecule has 0 heterocycles. The van der Waals surface area contributed by atoms with E-state index in [1.54, 1.807) is 0 Å². The van der Waals surface area contributed by atoms with Crippen molar-refractivity contribution in [2.75, 3.05) is 0 Å². The van der Waals surface area contributed by atoms with Gasteiger partial charge in [-0.05, 0) is 51.2 Å². The summed E-state index contributed by atoms with van der Waals surface area (Å²) in [5.41, 5.74) is 3.26. The number of aryl methyl sites for hydroxylation is 1. The van der Waals surface area contributed by atoms with E-state index in [9.17, 15) is 4.79 Å². The highest BCUT2D eigenvalue weighted by Crippen LogP contribution is 2.16. The second-order valence-corrected chi connectivity index (χ2v) is 6.73. The first-order valence-corrected chi connectivity index (χ1v) is 7.22. The van der Waals surface area contributed by atoms with E-state index in [0.29, 0.717) is 12.5 Å². The fourth-order valence-corrected chi connectivity index (χ4v) is 2.04. The molecule has 0 aliphatic rings. The summed E-state index contributed by atoms with van der Waals surface area (Å²) in [5, 5.41) is 2.83. The first-order valence-electron chi connectivity index (χ1n) is 7.22. The van der Waals surface area contributed by atoms with E-state index in [1.165, 1.54) is 11.1 Å². The molecule has 0 saturated carbocycles. The maximum atomic E-state index is 11.7. The second kappa shape index (κ2) is 6.78. The summed E-state index contributed by atoms with van der Waals surface area (Å²) < 4.78 is 5.25. The van der Waals surface area contributed by atoms with Gasteiger partial charge in [-0.1, -0.05) is 37.6 Å². The number of hydrogen-bond acceptors (Lipinski definition) is 2. The Morgan fingerprint density at radius 2 is 1.90 bits per heavy atom. The van der Waals surface area contributed by atoms with Crippen LogP contribution in [0.25, 0.3) is 0 Å². The van der Waals surface area contributed by atoms with Gasteiger partial charge in [0.15, 0.2) is 0 Å². The van der Waals surface area contributed by atoms with E-state index in [-0.39, 0.29) is 6.09 Å². The van der Waals surface area contributed by atoms with E-state index in [4.69, 9.17) is 4.74 Å². The number of alkyl carbamates (subject to hydrolysis) is 1. The lowest BCUT2D eigenvalue weighted by molar-refractivity contribution is 0.0523. The minimum absolute atomic E-state index is 0.367. The smallest absolute Gasteiger partial charge is 0.407 e. The van der Waals surface area contributed by atoms with Gasteiger partial charge in [-0.2, -0.15) is 0 Å². The summed E-state index contributed by atoms with van der Waals surface area (Å²) in [6.45, 7) is 12.6. The summed E-state index contributed by atoms with van der Waals surface area (Å²) in [6, 6.07) is 6.37. The van der Waals surface area contributed by atoms with Crippen LogP contribution in [-0.2, 0) is 17.7 Å². The summed E-state index contributed by atoms with van der Waals surface area (Å²) in [4.78, 5) is 11.7. The van der Waals surface area contributed by atoms with Crippen LogP contribution in [0.2, 0.25) is 0 Å². The number of ether oxygens (including phenoxy) is 1. The Morgan fingerprint density at radius 1 is 1.25 bits per heavy atom. The molecule has 3 heteroatoms. The number of hydrogen-bond donors (Lipinski definition) is 1. The first-order chi connectivity index (χ1) is 9.17. The zero-order valence-corrected chi connectivity index (χ0v) is 13.5. The molecular weight excluding hydrogens is 250 g/mol. The molecule has 1 amide bonds. The average Bonchev–Trinajstić information content (AvgIpc) is 2.24. The van der Waals surface area contributed by atoms with Crippen molar-refractivity contribution >= 4 is 6.09 Å². The number of carbonyl (C=O) groups excluding carboxylic acids is 1. The Labute approximate surface area is 122 Å². The second-order valence-electron chi connectivity index (χ2n) is 6.73. The lowest BCUT2D eigenvalue weighted by atomic mass is 9.96. The predicted molar refractivity (Wildman–Crippen MR) is 82.8 cm³/mol. The van der Waals surface area contributed by atoms with Crippen LogP contribution >= 0.6 is 0 Å². The van der Waals surface area contributed by atoms with Gasteiger partial charge in [0.05, 0.1) is 0 Å². The van der Waals surface area contributed by atoms with Gasteiger partial charge >= 0.3 is 6.09 Å². The van der Waals surface area contributed by atoms with Crippen molar-refractivity contribution in [3.63, 3.8) is 0 Å². The molecule has 0 spiro atoms. The monoisotopic (exact) mass is 277 g/mol. The maximum absolute atomic E-state index is 11.7. The van der Waals surface area contributed by atoms with Gasteiger partial charge in [-0.25, -0.2) is 4.79 Å². The van der Waals surface area contributed by atoms with Gasteiger partial charge in [-0.3, -0.25) is 0 Å². The Hall–Kier alpha value is -1.51. The molecule has 112 valence electrons. The van der Waals surface area contributed by atoms with Crippen LogP contribution in [0.1, 0.15) is 51.3 Å². The van der Waals surface area contributed by atoms with Gasteiger partial charge in [0.1, 0.15) is 5.60 Å². The molecule has 20 heavy (non-hydrogen) atoms. The van der Waals surface area contributed by atoms with Crippen LogP contribution in [0.4, 0.5) is 4.79 Å². The van der Waals surface area contributed by atoms with Crippen molar-refractivity contribution < 1.29 is 9.53 Å². The lowest BCUT2D eigenvalue weighted by Crippen LogP contribution is -2.32. The van der Waals surface area contributed by atoms with Gasteiger partial charge in [-0.15, -0.1) is 0 Å². The third-order valence-electron chi connectivity index (χ3n) is 2.81. The first kappa shape index (κ1) is 16.5. The highest BCUT2D eigenvalue weighted by molar-refractivity contribution is 5.67. The zero-order chi connectivity index (χ0) is 15.3. The van der Waals surface area contributed by atoms with Gasteiger partial charge in [0.25, 0.3) is 0 Å². The third-order valence-corrected chi connectivity index (χ3v) is 2.81. The SMILES string of the molecule is Cc1ccc(CNC(=O)OC(C)(C)C)c(CC(C)C)c1. The predicted octanol–water partition coefficient (Wildman–Crippen LogP) is 4.22. The van der Waals surface area contributed by atoms with Crippen molar-refractivity contribution in [3.8, 4) is 0 Å². The van der Waals surface area contributed by atoms with Crippen molar-refractivity contribution in [3.05, 3.63) is 34.9 Å². The Balaban J connectivity index is 2.70. The summed E-state index contributed by atoms with van der Waals surface area (Å²) in [7, 11) is 0. The number of benzene rings is 1. The Bertz CT molecular complexity index is 459. The van der Waals surface area contributed by atoms with Crippen LogP contribution in [0.3, 0.4) is 0 Å².